The largest absolute Gasteiger partial charge is 0.378 e. The molecule has 0 spiro atoms. The lowest BCUT2D eigenvalue weighted by Gasteiger charge is -2.33. The lowest BCUT2D eigenvalue weighted by Crippen LogP contribution is -2.50. The standard InChI is InChI=1S/C15H22N4O2/c1-11-10-14(17-12(2)16-11)19-5-3-4-13(19)15(20)18-6-8-21-9-7-18/h10,13H,3-9H2,1-2H3/t13-/m0/s1. The molecule has 6 nitrogen and oxygen atoms in total. The second-order valence-electron chi connectivity index (χ2n) is 5.70. The van der Waals surface area contributed by atoms with E-state index in [4.69, 9.17) is 4.74 Å². The van der Waals surface area contributed by atoms with Crippen molar-refractivity contribution in [2.75, 3.05) is 37.7 Å². The Balaban J connectivity index is 1.79. The van der Waals surface area contributed by atoms with Gasteiger partial charge in [-0.2, -0.15) is 0 Å². The number of anilines is 1. The number of ether oxygens (including phenoxy) is 1. The number of aryl methyl sites for hydroxylation is 2. The number of hydrogen-bond donors (Lipinski definition) is 0. The number of nitrogens with zero attached hydrogens (tertiary/aromatic N) is 4. The lowest BCUT2D eigenvalue weighted by atomic mass is 10.2. The van der Waals surface area contributed by atoms with Crippen molar-refractivity contribution >= 4 is 11.7 Å². The van der Waals surface area contributed by atoms with Crippen LogP contribution in [0.3, 0.4) is 0 Å². The molecule has 6 heteroatoms. The molecule has 1 atom stereocenters. The van der Waals surface area contributed by atoms with Crippen LogP contribution in [0.1, 0.15) is 24.4 Å². The van der Waals surface area contributed by atoms with Crippen LogP contribution in [0.5, 0.6) is 0 Å². The van der Waals surface area contributed by atoms with E-state index in [0.717, 1.165) is 36.7 Å². The minimum atomic E-state index is -0.0863. The molecule has 2 aliphatic heterocycles. The molecule has 114 valence electrons. The first-order valence-electron chi connectivity index (χ1n) is 7.60. The first-order valence-corrected chi connectivity index (χ1v) is 7.60. The van der Waals surface area contributed by atoms with E-state index in [1.165, 1.54) is 0 Å². The van der Waals surface area contributed by atoms with E-state index in [2.05, 4.69) is 14.9 Å². The van der Waals surface area contributed by atoms with E-state index in [0.29, 0.717) is 26.3 Å². The number of rotatable bonds is 2. The Bertz CT molecular complexity index is 508. The Hall–Kier alpha value is -1.69. The summed E-state index contributed by atoms with van der Waals surface area (Å²) in [4.78, 5) is 25.6. The fourth-order valence-corrected chi connectivity index (χ4v) is 3.14. The quantitative estimate of drug-likeness (QED) is 0.810. The van der Waals surface area contributed by atoms with Crippen molar-refractivity contribution in [2.24, 2.45) is 0 Å². The van der Waals surface area contributed by atoms with Gasteiger partial charge >= 0.3 is 0 Å². The third-order valence-electron chi connectivity index (χ3n) is 4.11. The Morgan fingerprint density at radius 2 is 2.00 bits per heavy atom. The van der Waals surface area contributed by atoms with Crippen molar-refractivity contribution in [1.82, 2.24) is 14.9 Å². The minimum absolute atomic E-state index is 0.0863. The van der Waals surface area contributed by atoms with Crippen molar-refractivity contribution < 1.29 is 9.53 Å². The monoisotopic (exact) mass is 290 g/mol. The molecule has 1 aromatic heterocycles. The van der Waals surface area contributed by atoms with E-state index < -0.39 is 0 Å². The Labute approximate surface area is 125 Å². The molecule has 0 unspecified atom stereocenters. The number of aromatic nitrogens is 2. The van der Waals surface area contributed by atoms with Gasteiger partial charge < -0.3 is 14.5 Å². The number of carbonyl (C=O) groups excluding carboxylic acids is 1. The average molecular weight is 290 g/mol. The smallest absolute Gasteiger partial charge is 0.245 e. The van der Waals surface area contributed by atoms with Crippen LogP contribution in [-0.4, -0.2) is 59.7 Å². The summed E-state index contributed by atoms with van der Waals surface area (Å²) in [5.74, 6) is 1.85. The Morgan fingerprint density at radius 1 is 1.24 bits per heavy atom. The van der Waals surface area contributed by atoms with Crippen LogP contribution >= 0.6 is 0 Å². The van der Waals surface area contributed by atoms with Gasteiger partial charge in [-0.05, 0) is 26.7 Å². The molecule has 2 aliphatic rings. The normalized spacial score (nSPS) is 22.7. The summed E-state index contributed by atoms with van der Waals surface area (Å²) in [5, 5.41) is 0. The lowest BCUT2D eigenvalue weighted by molar-refractivity contribution is -0.136. The molecular weight excluding hydrogens is 268 g/mol. The Kier molecular flexibility index (Phi) is 4.05. The first kappa shape index (κ1) is 14.3. The van der Waals surface area contributed by atoms with Gasteiger partial charge in [0.05, 0.1) is 13.2 Å². The van der Waals surface area contributed by atoms with Gasteiger partial charge in [-0.1, -0.05) is 0 Å². The minimum Gasteiger partial charge on any atom is -0.378 e. The molecule has 2 saturated heterocycles. The zero-order chi connectivity index (χ0) is 14.8. The summed E-state index contributed by atoms with van der Waals surface area (Å²) < 4.78 is 5.33. The molecule has 21 heavy (non-hydrogen) atoms. The number of morpholine rings is 1. The van der Waals surface area contributed by atoms with Gasteiger partial charge in [0.25, 0.3) is 0 Å². The zero-order valence-electron chi connectivity index (χ0n) is 12.7. The molecule has 0 aliphatic carbocycles. The molecule has 0 radical (unpaired) electrons. The van der Waals surface area contributed by atoms with E-state index in [1.807, 2.05) is 24.8 Å². The fraction of sp³-hybridized carbons (Fsp3) is 0.667. The number of hydrogen-bond acceptors (Lipinski definition) is 5. The second kappa shape index (κ2) is 5.97. The van der Waals surface area contributed by atoms with Crippen LogP contribution in [0, 0.1) is 13.8 Å². The van der Waals surface area contributed by atoms with Crippen LogP contribution in [0.4, 0.5) is 5.82 Å². The molecule has 3 rings (SSSR count). The van der Waals surface area contributed by atoms with Crippen LogP contribution in [0.25, 0.3) is 0 Å². The van der Waals surface area contributed by atoms with Crippen molar-refractivity contribution in [3.8, 4) is 0 Å². The van der Waals surface area contributed by atoms with E-state index in [1.54, 1.807) is 0 Å². The average Bonchev–Trinajstić information content (AvgIpc) is 2.96. The van der Waals surface area contributed by atoms with Gasteiger partial charge in [-0.3, -0.25) is 4.79 Å². The summed E-state index contributed by atoms with van der Waals surface area (Å²) in [7, 11) is 0. The predicted octanol–water partition coefficient (Wildman–Crippen LogP) is 0.921. The van der Waals surface area contributed by atoms with Crippen LogP contribution in [0.2, 0.25) is 0 Å². The van der Waals surface area contributed by atoms with Crippen molar-refractivity contribution in [3.05, 3.63) is 17.6 Å². The van der Waals surface area contributed by atoms with Crippen molar-refractivity contribution in [2.45, 2.75) is 32.7 Å². The summed E-state index contributed by atoms with van der Waals surface area (Å²) >= 11 is 0. The number of carbonyl (C=O) groups is 1. The second-order valence-corrected chi connectivity index (χ2v) is 5.70. The third-order valence-corrected chi connectivity index (χ3v) is 4.11. The maximum Gasteiger partial charge on any atom is 0.245 e. The maximum absolute atomic E-state index is 12.7. The van der Waals surface area contributed by atoms with Gasteiger partial charge in [-0.25, -0.2) is 9.97 Å². The predicted molar refractivity (Wildman–Crippen MR) is 79.3 cm³/mol. The highest BCUT2D eigenvalue weighted by atomic mass is 16.5. The highest BCUT2D eigenvalue weighted by Gasteiger charge is 2.35. The van der Waals surface area contributed by atoms with Gasteiger partial charge in [0.2, 0.25) is 5.91 Å². The molecule has 2 fully saturated rings. The van der Waals surface area contributed by atoms with E-state index in [9.17, 15) is 4.79 Å². The highest BCUT2D eigenvalue weighted by molar-refractivity contribution is 5.85. The summed E-state index contributed by atoms with van der Waals surface area (Å²) in [5.41, 5.74) is 0.946. The van der Waals surface area contributed by atoms with E-state index >= 15 is 0 Å². The van der Waals surface area contributed by atoms with Gasteiger partial charge in [-0.15, -0.1) is 0 Å². The highest BCUT2D eigenvalue weighted by Crippen LogP contribution is 2.26. The molecule has 0 N–H and O–H groups in total. The molecule has 3 heterocycles. The summed E-state index contributed by atoms with van der Waals surface area (Å²) in [6, 6.07) is 1.88. The third kappa shape index (κ3) is 3.00. The maximum atomic E-state index is 12.7. The van der Waals surface area contributed by atoms with Crippen LogP contribution in [0.15, 0.2) is 6.07 Å². The molecule has 1 aromatic rings. The molecular formula is C15H22N4O2. The molecule has 1 amide bonds. The van der Waals surface area contributed by atoms with Gasteiger partial charge in [0, 0.05) is 31.4 Å². The Morgan fingerprint density at radius 3 is 2.71 bits per heavy atom. The van der Waals surface area contributed by atoms with Crippen molar-refractivity contribution in [1.29, 1.82) is 0 Å². The first-order chi connectivity index (χ1) is 10.1. The van der Waals surface area contributed by atoms with E-state index in [-0.39, 0.29) is 11.9 Å². The molecule has 0 bridgehead atoms. The van der Waals surface area contributed by atoms with Crippen LogP contribution in [-0.2, 0) is 9.53 Å². The van der Waals surface area contributed by atoms with Gasteiger partial charge in [0.1, 0.15) is 17.7 Å². The summed E-state index contributed by atoms with van der Waals surface area (Å²) in [6.07, 6.45) is 1.93. The molecule has 0 aromatic carbocycles. The topological polar surface area (TPSA) is 58.6 Å². The van der Waals surface area contributed by atoms with Crippen molar-refractivity contribution in [3.63, 3.8) is 0 Å². The SMILES string of the molecule is Cc1cc(N2CCC[C@H]2C(=O)N2CCOCC2)nc(C)n1. The van der Waals surface area contributed by atoms with Crippen LogP contribution < -0.4 is 4.90 Å². The fourth-order valence-electron chi connectivity index (χ4n) is 3.14. The zero-order valence-corrected chi connectivity index (χ0v) is 12.7. The number of amides is 1. The summed E-state index contributed by atoms with van der Waals surface area (Å²) in [6.45, 7) is 7.43. The van der Waals surface area contributed by atoms with Gasteiger partial charge in [0.15, 0.2) is 0 Å². The molecule has 0 saturated carbocycles.